The van der Waals surface area contributed by atoms with Crippen LogP contribution in [0.1, 0.15) is 30.4 Å². The number of hydrogen-bond acceptors (Lipinski definition) is 7. The van der Waals surface area contributed by atoms with Crippen molar-refractivity contribution in [2.45, 2.75) is 25.5 Å². The Morgan fingerprint density at radius 3 is 2.69 bits per heavy atom. The highest BCUT2D eigenvalue weighted by Gasteiger charge is 2.23. The van der Waals surface area contributed by atoms with Gasteiger partial charge in [-0.15, -0.1) is 0 Å². The number of hydrogen-bond donors (Lipinski definition) is 1. The van der Waals surface area contributed by atoms with Gasteiger partial charge in [-0.05, 0) is 56.6 Å². The molecule has 4 rings (SSSR count). The van der Waals surface area contributed by atoms with Gasteiger partial charge in [-0.2, -0.15) is 4.98 Å². The van der Waals surface area contributed by atoms with Gasteiger partial charge in [-0.3, -0.25) is 4.90 Å². The molecule has 0 bridgehead atoms. The fraction of sp³-hybridized carbons (Fsp3) is 0.440. The highest BCUT2D eigenvalue weighted by Crippen LogP contribution is 2.23. The number of likely N-dealkylation sites (tertiary alicyclic amines) is 1. The van der Waals surface area contributed by atoms with Crippen LogP contribution in [-0.2, 0) is 6.54 Å². The lowest BCUT2D eigenvalue weighted by atomic mass is 9.95. The fourth-order valence-corrected chi connectivity index (χ4v) is 4.31. The van der Waals surface area contributed by atoms with Gasteiger partial charge in [0, 0.05) is 18.7 Å². The number of nitrogens with zero attached hydrogens (tertiary/aromatic N) is 4. The molecule has 7 heteroatoms. The van der Waals surface area contributed by atoms with Gasteiger partial charge in [0.15, 0.2) is 0 Å². The molecule has 1 aromatic heterocycles. The third kappa shape index (κ3) is 5.94. The lowest BCUT2D eigenvalue weighted by molar-refractivity contribution is 0.0816. The molecule has 1 N–H and O–H groups in total. The summed E-state index contributed by atoms with van der Waals surface area (Å²) < 4.78 is 10.7. The Bertz CT molecular complexity index is 970. The number of aliphatic hydroxyl groups excluding tert-OH is 1. The molecule has 1 aliphatic rings. The predicted octanol–water partition coefficient (Wildman–Crippen LogP) is 3.62. The van der Waals surface area contributed by atoms with Crippen LogP contribution in [0.25, 0.3) is 11.4 Å². The van der Waals surface area contributed by atoms with Crippen molar-refractivity contribution < 1.29 is 14.4 Å². The minimum atomic E-state index is -0.424. The smallest absolute Gasteiger partial charge is 0.241 e. The standard InChI is InChI=1S/C25H32N4O3/c1-28(18-24-26-25(27-32-24)21-9-6-10-22(15-21)31-2)16-19-11-13-29(14-12-19)17-23(30)20-7-4-3-5-8-20/h3-10,15,19,23,30H,11-14,16-18H2,1-2H3. The van der Waals surface area contributed by atoms with Crippen molar-refractivity contribution in [1.29, 1.82) is 0 Å². The Kier molecular flexibility index (Phi) is 7.52. The molecule has 2 aromatic carbocycles. The average Bonchev–Trinajstić information content (AvgIpc) is 3.29. The van der Waals surface area contributed by atoms with Crippen LogP contribution < -0.4 is 4.74 Å². The first-order valence-electron chi connectivity index (χ1n) is 11.2. The molecule has 1 atom stereocenters. The molecule has 0 aliphatic carbocycles. The summed E-state index contributed by atoms with van der Waals surface area (Å²) in [6.07, 6.45) is 1.84. The molecule has 1 aliphatic heterocycles. The van der Waals surface area contributed by atoms with Gasteiger partial charge in [-0.25, -0.2) is 0 Å². The molecule has 1 unspecified atom stereocenters. The third-order valence-corrected chi connectivity index (χ3v) is 6.09. The van der Waals surface area contributed by atoms with E-state index in [-0.39, 0.29) is 0 Å². The molecule has 2 heterocycles. The van der Waals surface area contributed by atoms with Gasteiger partial charge in [0.25, 0.3) is 0 Å². The normalized spacial score (nSPS) is 16.4. The molecule has 7 nitrogen and oxygen atoms in total. The van der Waals surface area contributed by atoms with E-state index in [4.69, 9.17) is 9.26 Å². The minimum absolute atomic E-state index is 0.424. The molecular weight excluding hydrogens is 404 g/mol. The highest BCUT2D eigenvalue weighted by molar-refractivity contribution is 5.56. The first-order chi connectivity index (χ1) is 15.6. The van der Waals surface area contributed by atoms with Crippen LogP contribution >= 0.6 is 0 Å². The van der Waals surface area contributed by atoms with E-state index < -0.39 is 6.10 Å². The van der Waals surface area contributed by atoms with Gasteiger partial charge in [-0.1, -0.05) is 47.6 Å². The zero-order valence-electron chi connectivity index (χ0n) is 18.9. The Labute approximate surface area is 189 Å². The third-order valence-electron chi connectivity index (χ3n) is 6.09. The summed E-state index contributed by atoms with van der Waals surface area (Å²) in [4.78, 5) is 9.17. The summed E-state index contributed by atoms with van der Waals surface area (Å²) in [5.74, 6) is 2.60. The van der Waals surface area contributed by atoms with Crippen molar-refractivity contribution in [1.82, 2.24) is 19.9 Å². The average molecular weight is 437 g/mol. The van der Waals surface area contributed by atoms with Crippen molar-refractivity contribution >= 4 is 0 Å². The first kappa shape index (κ1) is 22.5. The van der Waals surface area contributed by atoms with Crippen LogP contribution in [0.15, 0.2) is 59.1 Å². The van der Waals surface area contributed by atoms with Crippen LogP contribution in [0.5, 0.6) is 5.75 Å². The van der Waals surface area contributed by atoms with Crippen LogP contribution in [-0.4, -0.2) is 65.4 Å². The summed E-state index contributed by atoms with van der Waals surface area (Å²) in [5, 5.41) is 14.6. The molecule has 3 aromatic rings. The van der Waals surface area contributed by atoms with Crippen molar-refractivity contribution in [3.05, 3.63) is 66.1 Å². The Morgan fingerprint density at radius 1 is 1.16 bits per heavy atom. The number of piperidine rings is 1. The Morgan fingerprint density at radius 2 is 1.94 bits per heavy atom. The van der Waals surface area contributed by atoms with E-state index in [0.717, 1.165) is 49.4 Å². The van der Waals surface area contributed by atoms with E-state index in [1.807, 2.05) is 54.6 Å². The van der Waals surface area contributed by atoms with E-state index in [1.165, 1.54) is 0 Å². The molecule has 170 valence electrons. The highest BCUT2D eigenvalue weighted by atomic mass is 16.5. The molecule has 0 saturated carbocycles. The number of β-amino-alcohol motifs (C(OH)–C–C–N with tert-alkyl or cyclic N) is 1. The minimum Gasteiger partial charge on any atom is -0.497 e. The van der Waals surface area contributed by atoms with Crippen molar-refractivity contribution in [3.63, 3.8) is 0 Å². The van der Waals surface area contributed by atoms with Gasteiger partial charge in [0.2, 0.25) is 11.7 Å². The molecule has 1 fully saturated rings. The molecule has 1 saturated heterocycles. The van der Waals surface area contributed by atoms with E-state index in [0.29, 0.717) is 30.7 Å². The van der Waals surface area contributed by atoms with Gasteiger partial charge < -0.3 is 19.3 Å². The topological polar surface area (TPSA) is 74.9 Å². The summed E-state index contributed by atoms with van der Waals surface area (Å²) in [6, 6.07) is 17.6. The molecule has 0 spiro atoms. The van der Waals surface area contributed by atoms with Gasteiger partial charge in [0.05, 0.1) is 19.8 Å². The second kappa shape index (κ2) is 10.7. The molecular formula is C25H32N4O3. The van der Waals surface area contributed by atoms with Gasteiger partial charge >= 0.3 is 0 Å². The second-order valence-corrected chi connectivity index (χ2v) is 8.61. The Balaban J connectivity index is 1.22. The summed E-state index contributed by atoms with van der Waals surface area (Å²) in [5.41, 5.74) is 1.87. The van der Waals surface area contributed by atoms with E-state index in [2.05, 4.69) is 27.0 Å². The first-order valence-corrected chi connectivity index (χ1v) is 11.2. The SMILES string of the molecule is COc1cccc(-c2noc(CN(C)CC3CCN(CC(O)c4ccccc4)CC3)n2)c1. The van der Waals surface area contributed by atoms with Crippen LogP contribution in [0.4, 0.5) is 0 Å². The zero-order valence-corrected chi connectivity index (χ0v) is 18.9. The van der Waals surface area contributed by atoms with Crippen LogP contribution in [0.2, 0.25) is 0 Å². The van der Waals surface area contributed by atoms with E-state index >= 15 is 0 Å². The number of benzene rings is 2. The maximum atomic E-state index is 10.5. The summed E-state index contributed by atoms with van der Waals surface area (Å²) in [7, 11) is 3.74. The number of aromatic nitrogens is 2. The quantitative estimate of drug-likeness (QED) is 0.549. The lowest BCUT2D eigenvalue weighted by Crippen LogP contribution is -2.39. The number of methoxy groups -OCH3 is 1. The second-order valence-electron chi connectivity index (χ2n) is 8.61. The van der Waals surface area contributed by atoms with E-state index in [9.17, 15) is 5.11 Å². The van der Waals surface area contributed by atoms with Crippen LogP contribution in [0.3, 0.4) is 0 Å². The lowest BCUT2D eigenvalue weighted by Gasteiger charge is -2.34. The summed E-state index contributed by atoms with van der Waals surface area (Å²) >= 11 is 0. The zero-order chi connectivity index (χ0) is 22.3. The number of ether oxygens (including phenoxy) is 1. The van der Waals surface area contributed by atoms with Crippen molar-refractivity contribution in [2.24, 2.45) is 5.92 Å². The maximum Gasteiger partial charge on any atom is 0.241 e. The van der Waals surface area contributed by atoms with Crippen molar-refractivity contribution in [2.75, 3.05) is 40.3 Å². The number of rotatable bonds is 9. The van der Waals surface area contributed by atoms with Crippen molar-refractivity contribution in [3.8, 4) is 17.1 Å². The fourth-order valence-electron chi connectivity index (χ4n) is 4.31. The molecule has 0 amide bonds. The predicted molar refractivity (Wildman–Crippen MR) is 123 cm³/mol. The number of aliphatic hydroxyl groups is 1. The molecule has 32 heavy (non-hydrogen) atoms. The molecule has 0 radical (unpaired) electrons. The van der Waals surface area contributed by atoms with Gasteiger partial charge in [0.1, 0.15) is 5.75 Å². The van der Waals surface area contributed by atoms with E-state index in [1.54, 1.807) is 7.11 Å². The summed E-state index contributed by atoms with van der Waals surface area (Å²) in [6.45, 7) is 4.35. The monoisotopic (exact) mass is 436 g/mol. The van der Waals surface area contributed by atoms with Crippen LogP contribution in [0, 0.1) is 5.92 Å². The Hall–Kier alpha value is -2.74. The largest absolute Gasteiger partial charge is 0.497 e. The maximum absolute atomic E-state index is 10.5.